The Bertz CT molecular complexity index is 1350. The van der Waals surface area contributed by atoms with Gasteiger partial charge in [-0.1, -0.05) is 55.4 Å². The minimum absolute atomic E-state index is 0.0258. The molecule has 0 spiro atoms. The largest absolute Gasteiger partial charge is 0.413 e. The van der Waals surface area contributed by atoms with Crippen LogP contribution in [0.3, 0.4) is 0 Å². The van der Waals surface area contributed by atoms with E-state index in [1.54, 1.807) is 18.4 Å². The molecule has 1 aliphatic heterocycles. The van der Waals surface area contributed by atoms with Crippen molar-refractivity contribution in [1.29, 1.82) is 5.26 Å². The third-order valence-corrected chi connectivity index (χ3v) is 17.6. The highest BCUT2D eigenvalue weighted by molar-refractivity contribution is 6.74. The van der Waals surface area contributed by atoms with Crippen molar-refractivity contribution in [2.24, 2.45) is 5.92 Å². The smallest absolute Gasteiger partial charge is 0.280 e. The van der Waals surface area contributed by atoms with Crippen molar-refractivity contribution in [3.8, 4) is 6.07 Å². The predicted molar refractivity (Wildman–Crippen MR) is 160 cm³/mol. The van der Waals surface area contributed by atoms with Gasteiger partial charge in [0.15, 0.2) is 27.8 Å². The molecule has 3 rings (SSSR count). The summed E-state index contributed by atoms with van der Waals surface area (Å²) in [6.07, 6.45) is 0.559. The lowest BCUT2D eigenvalue weighted by Crippen LogP contribution is -2.54. The lowest BCUT2D eigenvalue weighted by Gasteiger charge is -2.42. The van der Waals surface area contributed by atoms with Crippen molar-refractivity contribution in [3.05, 3.63) is 16.7 Å². The lowest BCUT2D eigenvalue weighted by molar-refractivity contribution is -0.118. The number of hydrogen-bond donors (Lipinski definition) is 2. The van der Waals surface area contributed by atoms with Gasteiger partial charge in [-0.15, -0.1) is 0 Å². The average Bonchev–Trinajstić information content (AvgIpc) is 3.38. The molecule has 0 aliphatic carbocycles. The molecule has 0 radical (unpaired) electrons. The molecule has 2 aromatic heterocycles. The summed E-state index contributed by atoms with van der Waals surface area (Å²) in [7, 11) is -4.55. The summed E-state index contributed by atoms with van der Waals surface area (Å²) in [4.78, 5) is 36.4. The van der Waals surface area contributed by atoms with Crippen molar-refractivity contribution in [2.75, 3.05) is 11.9 Å². The van der Waals surface area contributed by atoms with E-state index in [1.807, 2.05) is 0 Å². The highest BCUT2D eigenvalue weighted by Crippen LogP contribution is 2.46. The fourth-order valence-electron chi connectivity index (χ4n) is 3.81. The predicted octanol–water partition coefficient (Wildman–Crippen LogP) is 5.31. The average molecular weight is 591 g/mol. The molecule has 3 atom stereocenters. The van der Waals surface area contributed by atoms with Crippen LogP contribution in [0, 0.1) is 17.2 Å². The number of nitrogens with zero attached hydrogens (tertiary/aromatic N) is 4. The Hall–Kier alpha value is -2.38. The fraction of sp³-hybridized carbons (Fsp3) is 0.741. The van der Waals surface area contributed by atoms with E-state index in [4.69, 9.17) is 13.6 Å². The second-order valence-electron chi connectivity index (χ2n) is 14.1. The minimum atomic E-state index is -2.32. The van der Waals surface area contributed by atoms with Crippen molar-refractivity contribution >= 4 is 39.7 Å². The van der Waals surface area contributed by atoms with E-state index in [0.717, 1.165) is 0 Å². The molecule has 11 nitrogen and oxygen atoms in total. The van der Waals surface area contributed by atoms with Crippen LogP contribution in [0.5, 0.6) is 0 Å². The Balaban J connectivity index is 2.06. The zero-order valence-corrected chi connectivity index (χ0v) is 28.1. The van der Waals surface area contributed by atoms with Gasteiger partial charge in [0.1, 0.15) is 12.3 Å². The number of rotatable bonds is 8. The third kappa shape index (κ3) is 6.26. The van der Waals surface area contributed by atoms with Crippen molar-refractivity contribution in [3.63, 3.8) is 0 Å². The number of anilines is 1. The number of carbonyl (C=O) groups is 1. The molecule has 0 aromatic carbocycles. The van der Waals surface area contributed by atoms with Crippen LogP contribution in [0.4, 0.5) is 5.95 Å². The van der Waals surface area contributed by atoms with Gasteiger partial charge < -0.3 is 13.6 Å². The van der Waals surface area contributed by atoms with E-state index in [-0.39, 0.29) is 45.6 Å². The zero-order chi connectivity index (χ0) is 30.5. The molecule has 1 saturated heterocycles. The standard InChI is InChI=1S/C27H46N6O5Si2/c1-17(2)22(34)31-24-30-21-20(23(35)32-24)29-16-33(21)19-13-18(38-40(11,12)26(6,7)8)27(14-28,37-19)15-36-39(9,10)25(3,4)5/h16-19H,13,15H2,1-12H3,(H2,30,31,32,34,35)/t18-,19+,27+/m0/s1. The molecule has 0 bridgehead atoms. The first-order valence-corrected chi connectivity index (χ1v) is 19.6. The van der Waals surface area contributed by atoms with Crippen LogP contribution in [0.1, 0.15) is 68.0 Å². The SMILES string of the molecule is CC(C)C(=O)Nc1nc2c(ncn2[C@H]2C[C@H](O[Si](C)(C)C(C)(C)C)[C@@](C#N)(CO[Si](C)(C)C(C)(C)C)O2)c(=O)[nH]1. The van der Waals surface area contributed by atoms with Crippen molar-refractivity contribution in [2.45, 2.75) is 116 Å². The van der Waals surface area contributed by atoms with Crippen LogP contribution in [-0.4, -0.2) is 60.4 Å². The first kappa shape index (κ1) is 32.1. The van der Waals surface area contributed by atoms with E-state index < -0.39 is 40.1 Å². The number of nitrogens with one attached hydrogen (secondary N) is 2. The van der Waals surface area contributed by atoms with Crippen LogP contribution >= 0.6 is 0 Å². The fourth-order valence-corrected chi connectivity index (χ4v) is 6.16. The van der Waals surface area contributed by atoms with E-state index in [9.17, 15) is 14.9 Å². The summed E-state index contributed by atoms with van der Waals surface area (Å²) in [6.45, 7) is 25.0. The number of aromatic nitrogens is 4. The van der Waals surface area contributed by atoms with Gasteiger partial charge in [-0.2, -0.15) is 10.2 Å². The number of ether oxygens (including phenoxy) is 1. The van der Waals surface area contributed by atoms with E-state index >= 15 is 0 Å². The normalized spacial score (nSPS) is 22.6. The minimum Gasteiger partial charge on any atom is -0.413 e. The molecule has 1 aliphatic rings. The molecule has 1 amide bonds. The number of nitriles is 1. The number of aromatic amines is 1. The Morgan fingerprint density at radius 3 is 2.35 bits per heavy atom. The molecular formula is C27H46N6O5Si2. The van der Waals surface area contributed by atoms with Crippen molar-refractivity contribution in [1.82, 2.24) is 19.5 Å². The summed E-state index contributed by atoms with van der Waals surface area (Å²) >= 11 is 0. The number of imidazole rings is 1. The number of amides is 1. The molecule has 2 aromatic rings. The Morgan fingerprint density at radius 2 is 1.82 bits per heavy atom. The number of hydrogen-bond acceptors (Lipinski definition) is 8. The van der Waals surface area contributed by atoms with E-state index in [0.29, 0.717) is 6.42 Å². The summed E-state index contributed by atoms with van der Waals surface area (Å²) in [5, 5.41) is 13.1. The second kappa shape index (κ2) is 10.8. The van der Waals surface area contributed by atoms with Gasteiger partial charge >= 0.3 is 0 Å². The Labute approximate surface area is 239 Å². The van der Waals surface area contributed by atoms with Crippen LogP contribution in [0.25, 0.3) is 11.2 Å². The molecular weight excluding hydrogens is 545 g/mol. The maximum Gasteiger partial charge on any atom is 0.280 e. The Morgan fingerprint density at radius 1 is 1.23 bits per heavy atom. The van der Waals surface area contributed by atoms with Gasteiger partial charge in [-0.05, 0) is 36.3 Å². The Kier molecular flexibility index (Phi) is 8.67. The third-order valence-electron chi connectivity index (χ3n) is 8.68. The first-order valence-electron chi connectivity index (χ1n) is 13.8. The molecule has 2 N–H and O–H groups in total. The molecule has 3 heterocycles. The molecule has 0 saturated carbocycles. The van der Waals surface area contributed by atoms with Gasteiger partial charge in [0.25, 0.3) is 5.56 Å². The van der Waals surface area contributed by atoms with Gasteiger partial charge in [0, 0.05) is 12.3 Å². The highest BCUT2D eigenvalue weighted by Gasteiger charge is 2.55. The summed E-state index contributed by atoms with van der Waals surface area (Å²) in [5.74, 6) is -0.549. The topological polar surface area (TPSA) is 144 Å². The lowest BCUT2D eigenvalue weighted by atomic mass is 10.00. The van der Waals surface area contributed by atoms with Gasteiger partial charge in [-0.3, -0.25) is 24.5 Å². The van der Waals surface area contributed by atoms with Crippen LogP contribution in [0.2, 0.25) is 36.3 Å². The molecule has 40 heavy (non-hydrogen) atoms. The number of fused-ring (bicyclic) bond motifs is 1. The van der Waals surface area contributed by atoms with E-state index in [2.05, 4.69) is 94.1 Å². The highest BCUT2D eigenvalue weighted by atomic mass is 28.4. The maximum atomic E-state index is 12.8. The second-order valence-corrected chi connectivity index (χ2v) is 23.7. The first-order chi connectivity index (χ1) is 18.1. The van der Waals surface area contributed by atoms with Crippen molar-refractivity contribution < 1.29 is 18.4 Å². The molecule has 0 unspecified atom stereocenters. The molecule has 13 heteroatoms. The summed E-state index contributed by atoms with van der Waals surface area (Å²) in [5.41, 5.74) is -1.50. The van der Waals surface area contributed by atoms with Gasteiger partial charge in [0.2, 0.25) is 17.5 Å². The van der Waals surface area contributed by atoms with Crippen LogP contribution < -0.4 is 10.9 Å². The molecule has 1 fully saturated rings. The van der Waals surface area contributed by atoms with Gasteiger partial charge in [0.05, 0.1) is 19.0 Å². The van der Waals surface area contributed by atoms with E-state index in [1.165, 1.54) is 6.33 Å². The zero-order valence-electron chi connectivity index (χ0n) is 26.1. The number of carbonyl (C=O) groups excluding carboxylic acids is 1. The van der Waals surface area contributed by atoms with Crippen LogP contribution in [0.15, 0.2) is 11.1 Å². The molecule has 222 valence electrons. The number of H-pyrrole nitrogens is 1. The quantitative estimate of drug-likeness (QED) is 0.394. The monoisotopic (exact) mass is 590 g/mol. The van der Waals surface area contributed by atoms with Crippen LogP contribution in [-0.2, 0) is 18.4 Å². The maximum absolute atomic E-state index is 12.8. The summed E-state index contributed by atoms with van der Waals surface area (Å²) in [6, 6.07) is 2.42. The summed E-state index contributed by atoms with van der Waals surface area (Å²) < 4.78 is 21.6. The van der Waals surface area contributed by atoms with Gasteiger partial charge in [-0.25, -0.2) is 4.98 Å².